The van der Waals surface area contributed by atoms with Gasteiger partial charge in [0.05, 0.1) is 16.8 Å². The summed E-state index contributed by atoms with van der Waals surface area (Å²) < 4.78 is 1.91. The Bertz CT molecular complexity index is 1150. The molecule has 152 valence electrons. The molecule has 6 nitrogen and oxygen atoms in total. The lowest BCUT2D eigenvalue weighted by Gasteiger charge is -2.19. The van der Waals surface area contributed by atoms with Gasteiger partial charge in [-0.1, -0.05) is 23.9 Å². The van der Waals surface area contributed by atoms with Gasteiger partial charge >= 0.3 is 0 Å². The molecule has 7 heteroatoms. The van der Waals surface area contributed by atoms with Crippen LogP contribution in [0.3, 0.4) is 0 Å². The molecule has 0 saturated heterocycles. The Hall–Kier alpha value is -2.67. The summed E-state index contributed by atoms with van der Waals surface area (Å²) in [6, 6.07) is 7.96. The molecule has 3 rings (SSSR count). The van der Waals surface area contributed by atoms with E-state index in [1.165, 1.54) is 11.8 Å². The molecular formula is C22H26N4O2S. The van der Waals surface area contributed by atoms with Crippen LogP contribution in [0.25, 0.3) is 16.7 Å². The van der Waals surface area contributed by atoms with Crippen molar-refractivity contribution in [1.29, 1.82) is 0 Å². The summed E-state index contributed by atoms with van der Waals surface area (Å²) in [6.07, 6.45) is 0. The van der Waals surface area contributed by atoms with Crippen LogP contribution < -0.4 is 10.9 Å². The third kappa shape index (κ3) is 4.34. The van der Waals surface area contributed by atoms with Gasteiger partial charge in [-0.25, -0.2) is 4.98 Å². The Labute approximate surface area is 174 Å². The molecule has 2 heterocycles. The standard InChI is InChI=1S/C22H26N4O2S/c1-12(2)23-18(27)11-29-22-25-21(28)19-14(4)10-15(5)24-20(19)26(22)17-9-7-8-13(3)16(17)6/h7-10,12H,11H2,1-6H3,(H,23,27). The zero-order chi connectivity index (χ0) is 21.3. The normalized spacial score (nSPS) is 11.3. The minimum atomic E-state index is -0.321. The highest BCUT2D eigenvalue weighted by molar-refractivity contribution is 7.99. The molecule has 0 aliphatic heterocycles. The van der Waals surface area contributed by atoms with Gasteiger partial charge in [0, 0.05) is 11.7 Å². The minimum Gasteiger partial charge on any atom is -0.353 e. The van der Waals surface area contributed by atoms with E-state index in [0.717, 1.165) is 28.1 Å². The zero-order valence-electron chi connectivity index (χ0n) is 17.7. The topological polar surface area (TPSA) is 76.9 Å². The number of carbonyl (C=O) groups is 1. The molecule has 1 amide bonds. The fourth-order valence-corrected chi connectivity index (χ4v) is 4.12. The van der Waals surface area contributed by atoms with Crippen molar-refractivity contribution in [3.8, 4) is 5.69 Å². The second kappa shape index (κ2) is 8.37. The van der Waals surface area contributed by atoms with Gasteiger partial charge in [-0.15, -0.1) is 0 Å². The molecule has 0 fully saturated rings. The first-order chi connectivity index (χ1) is 13.7. The van der Waals surface area contributed by atoms with E-state index in [4.69, 9.17) is 0 Å². The number of nitrogens with one attached hydrogen (secondary N) is 1. The Kier molecular flexibility index (Phi) is 6.07. The molecule has 0 unspecified atom stereocenters. The van der Waals surface area contributed by atoms with E-state index < -0.39 is 0 Å². The number of hydrogen-bond acceptors (Lipinski definition) is 5. The maximum absolute atomic E-state index is 12.8. The first-order valence-electron chi connectivity index (χ1n) is 9.58. The highest BCUT2D eigenvalue weighted by atomic mass is 32.2. The molecule has 0 atom stereocenters. The highest BCUT2D eigenvalue weighted by Gasteiger charge is 2.19. The summed E-state index contributed by atoms with van der Waals surface area (Å²) in [5, 5.41) is 3.84. The van der Waals surface area contributed by atoms with Crippen LogP contribution in [0.4, 0.5) is 0 Å². The first-order valence-corrected chi connectivity index (χ1v) is 10.6. The third-order valence-electron chi connectivity index (χ3n) is 4.74. The third-order valence-corrected chi connectivity index (χ3v) is 5.68. The molecule has 0 aliphatic rings. The van der Waals surface area contributed by atoms with Gasteiger partial charge in [-0.3, -0.25) is 14.2 Å². The van der Waals surface area contributed by atoms with Gasteiger partial charge < -0.3 is 5.32 Å². The number of nitrogens with zero attached hydrogens (tertiary/aromatic N) is 3. The van der Waals surface area contributed by atoms with Crippen molar-refractivity contribution in [2.45, 2.75) is 52.7 Å². The zero-order valence-corrected chi connectivity index (χ0v) is 18.5. The van der Waals surface area contributed by atoms with Crippen molar-refractivity contribution in [2.24, 2.45) is 0 Å². The largest absolute Gasteiger partial charge is 0.353 e. The Morgan fingerprint density at radius 1 is 1.14 bits per heavy atom. The molecule has 29 heavy (non-hydrogen) atoms. The lowest BCUT2D eigenvalue weighted by molar-refractivity contribution is -0.119. The Morgan fingerprint density at radius 2 is 1.86 bits per heavy atom. The molecule has 0 aliphatic carbocycles. The van der Waals surface area contributed by atoms with E-state index in [0.29, 0.717) is 16.2 Å². The molecule has 0 saturated carbocycles. The molecule has 0 spiro atoms. The second-order valence-electron chi connectivity index (χ2n) is 7.54. The van der Waals surface area contributed by atoms with Crippen molar-refractivity contribution >= 4 is 28.7 Å². The summed E-state index contributed by atoms with van der Waals surface area (Å²) in [5.74, 6) is 0.0754. The van der Waals surface area contributed by atoms with E-state index in [1.807, 2.05) is 70.4 Å². The van der Waals surface area contributed by atoms with Crippen molar-refractivity contribution < 1.29 is 4.79 Å². The van der Waals surface area contributed by atoms with Crippen LogP contribution in [-0.4, -0.2) is 32.2 Å². The number of amides is 1. The van der Waals surface area contributed by atoms with Gasteiger partial charge in [0.1, 0.15) is 0 Å². The lowest BCUT2D eigenvalue weighted by Crippen LogP contribution is -2.31. The summed E-state index contributed by atoms with van der Waals surface area (Å²) in [7, 11) is 0. The minimum absolute atomic E-state index is 0.0563. The summed E-state index contributed by atoms with van der Waals surface area (Å²) in [5.41, 5.74) is 5.04. The van der Waals surface area contributed by atoms with E-state index in [1.54, 1.807) is 0 Å². The molecule has 0 bridgehead atoms. The highest BCUT2D eigenvalue weighted by Crippen LogP contribution is 2.28. The van der Waals surface area contributed by atoms with Gasteiger partial charge in [-0.05, 0) is 70.4 Å². The van der Waals surface area contributed by atoms with E-state index in [9.17, 15) is 9.59 Å². The van der Waals surface area contributed by atoms with Gasteiger partial charge in [-0.2, -0.15) is 4.98 Å². The number of pyridine rings is 1. The smallest absolute Gasteiger partial charge is 0.283 e. The van der Waals surface area contributed by atoms with E-state index in [-0.39, 0.29) is 23.3 Å². The van der Waals surface area contributed by atoms with Gasteiger partial charge in [0.2, 0.25) is 5.91 Å². The van der Waals surface area contributed by atoms with Crippen LogP contribution in [0.15, 0.2) is 34.2 Å². The molecule has 3 aromatic rings. The lowest BCUT2D eigenvalue weighted by atomic mass is 10.1. The van der Waals surface area contributed by atoms with E-state index in [2.05, 4.69) is 15.3 Å². The van der Waals surface area contributed by atoms with Crippen LogP contribution in [0.2, 0.25) is 0 Å². The SMILES string of the molecule is Cc1cc(C)c2c(=O)nc(SCC(=O)NC(C)C)n(-c3cccc(C)c3C)c2n1. The van der Waals surface area contributed by atoms with Gasteiger partial charge in [0.25, 0.3) is 5.56 Å². The molecule has 0 radical (unpaired) electrons. The van der Waals surface area contributed by atoms with E-state index >= 15 is 0 Å². The van der Waals surface area contributed by atoms with Gasteiger partial charge in [0.15, 0.2) is 10.8 Å². The maximum atomic E-state index is 12.8. The number of fused-ring (bicyclic) bond motifs is 1. The average molecular weight is 411 g/mol. The number of thioether (sulfide) groups is 1. The van der Waals surface area contributed by atoms with Crippen LogP contribution in [0.5, 0.6) is 0 Å². The summed E-state index contributed by atoms with van der Waals surface area (Å²) in [4.78, 5) is 34.0. The number of hydrogen-bond donors (Lipinski definition) is 1. The molecule has 1 aromatic carbocycles. The number of aryl methyl sites for hydroxylation is 3. The predicted molar refractivity (Wildman–Crippen MR) is 118 cm³/mol. The van der Waals surface area contributed by atoms with Crippen molar-refractivity contribution in [1.82, 2.24) is 19.9 Å². The molecule has 2 aromatic heterocycles. The number of benzene rings is 1. The van der Waals surface area contributed by atoms with Crippen molar-refractivity contribution in [3.05, 3.63) is 57.0 Å². The van der Waals surface area contributed by atoms with Crippen molar-refractivity contribution in [3.63, 3.8) is 0 Å². The number of rotatable bonds is 5. The van der Waals surface area contributed by atoms with Crippen LogP contribution >= 0.6 is 11.8 Å². The quantitative estimate of drug-likeness (QED) is 0.513. The first kappa shape index (κ1) is 21.0. The van der Waals surface area contributed by atoms with Crippen LogP contribution in [-0.2, 0) is 4.79 Å². The summed E-state index contributed by atoms with van der Waals surface area (Å²) in [6.45, 7) is 11.7. The second-order valence-corrected chi connectivity index (χ2v) is 8.49. The Morgan fingerprint density at radius 3 is 2.55 bits per heavy atom. The van der Waals surface area contributed by atoms with Crippen molar-refractivity contribution in [2.75, 3.05) is 5.75 Å². The predicted octanol–water partition coefficient (Wildman–Crippen LogP) is 3.63. The monoisotopic (exact) mass is 410 g/mol. The molecule has 1 N–H and O–H groups in total. The fourth-order valence-electron chi connectivity index (χ4n) is 3.31. The summed E-state index contributed by atoms with van der Waals surface area (Å²) >= 11 is 1.25. The fraction of sp³-hybridized carbons (Fsp3) is 0.364. The van der Waals surface area contributed by atoms with Crippen LogP contribution in [0.1, 0.15) is 36.2 Å². The number of carbonyl (C=O) groups excluding carboxylic acids is 1. The average Bonchev–Trinajstić information content (AvgIpc) is 2.61. The van der Waals surface area contributed by atoms with Crippen LogP contribution in [0, 0.1) is 27.7 Å². The Balaban J connectivity index is 2.26. The molecular weight excluding hydrogens is 384 g/mol. The maximum Gasteiger partial charge on any atom is 0.283 e. The number of aromatic nitrogens is 3.